The molecule has 3 heterocycles. The lowest BCUT2D eigenvalue weighted by atomic mass is 9.81. The lowest BCUT2D eigenvalue weighted by Gasteiger charge is -2.37. The predicted octanol–water partition coefficient (Wildman–Crippen LogP) is 6.42. The normalized spacial score (nSPS) is 21.1. The summed E-state index contributed by atoms with van der Waals surface area (Å²) < 4.78 is 15.3. The number of aromatic nitrogens is 1. The molecule has 3 aliphatic rings. The molecule has 6 nitrogen and oxygen atoms in total. The average Bonchev–Trinajstić information content (AvgIpc) is 3.13. The lowest BCUT2D eigenvalue weighted by molar-refractivity contribution is -0.125. The van der Waals surface area contributed by atoms with Gasteiger partial charge in [-0.1, -0.05) is 38.0 Å². The summed E-state index contributed by atoms with van der Waals surface area (Å²) in [5.74, 6) is 0.516. The van der Waals surface area contributed by atoms with Gasteiger partial charge in [-0.3, -0.25) is 14.6 Å². The van der Waals surface area contributed by atoms with E-state index in [1.54, 1.807) is 30.3 Å². The Morgan fingerprint density at radius 2 is 1.92 bits per heavy atom. The molecule has 202 valence electrons. The Morgan fingerprint density at radius 3 is 2.59 bits per heavy atom. The van der Waals surface area contributed by atoms with Crippen LogP contribution in [-0.4, -0.2) is 52.3 Å². The van der Waals surface area contributed by atoms with E-state index in [0.29, 0.717) is 45.4 Å². The van der Waals surface area contributed by atoms with Crippen LogP contribution in [-0.2, 0) is 4.79 Å². The molecule has 1 unspecified atom stereocenters. The molecular formula is C32H35FN4O2. The molecule has 5 rings (SSSR count). The van der Waals surface area contributed by atoms with Crippen LogP contribution >= 0.6 is 0 Å². The highest BCUT2D eigenvalue weighted by Gasteiger charge is 2.32. The molecule has 2 aliphatic heterocycles. The number of aldehydes is 1. The first kappa shape index (κ1) is 26.7. The number of hydrogen-bond acceptors (Lipinski definition) is 5. The Hall–Kier alpha value is -3.87. The number of carbonyl (C=O) groups is 2. The average molecular weight is 527 g/mol. The molecule has 0 N–H and O–H groups in total. The monoisotopic (exact) mass is 526 g/mol. The third-order valence-corrected chi connectivity index (χ3v) is 8.14. The van der Waals surface area contributed by atoms with Crippen LogP contribution in [0.4, 0.5) is 4.39 Å². The van der Waals surface area contributed by atoms with Crippen molar-refractivity contribution in [2.45, 2.75) is 57.9 Å². The minimum atomic E-state index is -0.428. The van der Waals surface area contributed by atoms with Crippen LogP contribution in [0.15, 0.2) is 71.8 Å². The van der Waals surface area contributed by atoms with Crippen LogP contribution in [0.1, 0.15) is 67.8 Å². The van der Waals surface area contributed by atoms with Crippen LogP contribution in [0.25, 0.3) is 16.8 Å². The van der Waals surface area contributed by atoms with E-state index in [1.807, 2.05) is 22.9 Å². The number of aliphatic imine (C=N–C) groups is 1. The number of carbonyl (C=O) groups excluding carboxylic acids is 2. The van der Waals surface area contributed by atoms with Crippen LogP contribution in [0.5, 0.6) is 0 Å². The van der Waals surface area contributed by atoms with E-state index in [0.717, 1.165) is 57.1 Å². The van der Waals surface area contributed by atoms with E-state index in [1.165, 1.54) is 18.7 Å². The van der Waals surface area contributed by atoms with Gasteiger partial charge in [-0.15, -0.1) is 0 Å². The second-order valence-corrected chi connectivity index (χ2v) is 10.8. The van der Waals surface area contributed by atoms with Crippen molar-refractivity contribution in [3.05, 3.63) is 83.7 Å². The van der Waals surface area contributed by atoms with E-state index in [-0.39, 0.29) is 11.9 Å². The maximum absolute atomic E-state index is 15.3. The highest BCUT2D eigenvalue weighted by molar-refractivity contribution is 6.43. The van der Waals surface area contributed by atoms with Crippen molar-refractivity contribution < 1.29 is 14.0 Å². The smallest absolute Gasteiger partial charge is 0.272 e. The van der Waals surface area contributed by atoms with Gasteiger partial charge in [0.1, 0.15) is 17.3 Å². The highest BCUT2D eigenvalue weighted by Crippen LogP contribution is 2.38. The van der Waals surface area contributed by atoms with Crippen LogP contribution < -0.4 is 0 Å². The number of pyridine rings is 1. The van der Waals surface area contributed by atoms with Crippen molar-refractivity contribution in [2.24, 2.45) is 10.9 Å². The molecule has 1 aromatic heterocycles. The van der Waals surface area contributed by atoms with E-state index in [9.17, 15) is 9.59 Å². The minimum Gasteiger partial charge on any atom is -0.335 e. The Bertz CT molecular complexity index is 1370. The summed E-state index contributed by atoms with van der Waals surface area (Å²) in [6, 6.07) is 8.42. The maximum Gasteiger partial charge on any atom is 0.272 e. The number of likely N-dealkylation sites (tertiary alicyclic amines) is 1. The summed E-state index contributed by atoms with van der Waals surface area (Å²) in [4.78, 5) is 37.6. The van der Waals surface area contributed by atoms with Crippen molar-refractivity contribution in [3.63, 3.8) is 0 Å². The summed E-state index contributed by atoms with van der Waals surface area (Å²) in [6.07, 6.45) is 13.6. The number of allylic oxidation sites excluding steroid dienone is 3. The number of halogens is 1. The molecule has 7 heteroatoms. The zero-order valence-corrected chi connectivity index (χ0v) is 22.7. The van der Waals surface area contributed by atoms with Gasteiger partial charge < -0.3 is 9.80 Å². The topological polar surface area (TPSA) is 65.9 Å². The fourth-order valence-corrected chi connectivity index (χ4v) is 5.47. The molecule has 1 aliphatic carbocycles. The molecule has 0 radical (unpaired) electrons. The second-order valence-electron chi connectivity index (χ2n) is 10.8. The summed E-state index contributed by atoms with van der Waals surface area (Å²) in [5.41, 5.74) is 4.01. The largest absolute Gasteiger partial charge is 0.335 e. The summed E-state index contributed by atoms with van der Waals surface area (Å²) >= 11 is 0. The van der Waals surface area contributed by atoms with Crippen LogP contribution in [0, 0.1) is 11.7 Å². The molecule has 1 saturated carbocycles. The van der Waals surface area contributed by atoms with Gasteiger partial charge in [-0.05, 0) is 74.4 Å². The summed E-state index contributed by atoms with van der Waals surface area (Å²) in [7, 11) is 1.96. The van der Waals surface area contributed by atoms with Crippen LogP contribution in [0.2, 0.25) is 0 Å². The first-order valence-corrected chi connectivity index (χ1v) is 13.8. The fourth-order valence-electron chi connectivity index (χ4n) is 5.47. The molecule has 0 bridgehead atoms. The fraction of sp³-hybridized carbons (Fsp3) is 0.375. The highest BCUT2D eigenvalue weighted by atomic mass is 19.1. The van der Waals surface area contributed by atoms with Gasteiger partial charge in [-0.25, -0.2) is 9.38 Å². The number of rotatable bonds is 6. The van der Waals surface area contributed by atoms with Crippen LogP contribution in [0.3, 0.4) is 0 Å². The molecular weight excluding hydrogens is 491 g/mol. The molecule has 1 amide bonds. The zero-order valence-electron chi connectivity index (χ0n) is 22.7. The Morgan fingerprint density at radius 1 is 1.10 bits per heavy atom. The number of amides is 1. The van der Waals surface area contributed by atoms with Gasteiger partial charge in [0.25, 0.3) is 5.91 Å². The Kier molecular flexibility index (Phi) is 7.87. The molecule has 1 atom stereocenters. The molecule has 1 aromatic carbocycles. The van der Waals surface area contributed by atoms with Crippen molar-refractivity contribution >= 4 is 23.5 Å². The zero-order chi connectivity index (χ0) is 27.5. The minimum absolute atomic E-state index is 0.0329. The first-order chi connectivity index (χ1) is 18.9. The molecule has 1 saturated heterocycles. The van der Waals surface area contributed by atoms with Gasteiger partial charge in [0.2, 0.25) is 0 Å². The number of hydrogen-bond donors (Lipinski definition) is 0. The quantitative estimate of drug-likeness (QED) is 0.408. The van der Waals surface area contributed by atoms with Crippen molar-refractivity contribution in [2.75, 3.05) is 13.6 Å². The number of nitrogens with zero attached hydrogens (tertiary/aromatic N) is 4. The van der Waals surface area contributed by atoms with Gasteiger partial charge in [0.05, 0.1) is 5.69 Å². The van der Waals surface area contributed by atoms with Gasteiger partial charge >= 0.3 is 0 Å². The predicted molar refractivity (Wildman–Crippen MR) is 152 cm³/mol. The van der Waals surface area contributed by atoms with Gasteiger partial charge in [-0.2, -0.15) is 0 Å². The number of benzene rings is 1. The standard InChI is InChI=1S/C32H35FN4O2/c1-21(26-13-12-25(17-27(26)33)28-14-11-23(20-38)19-34-28)16-31-35-29(18-30(36(31)3)24-9-7-10-24)32(39)37-15-6-4-5-8-22(37)2/h11-14,16-20,22,24H,1,4-10,15H2,2-3H3/b31-16-. The first-order valence-electron chi connectivity index (χ1n) is 13.8. The van der Waals surface area contributed by atoms with Gasteiger partial charge in [0.15, 0.2) is 6.29 Å². The summed E-state index contributed by atoms with van der Waals surface area (Å²) in [6.45, 7) is 7.01. The van der Waals surface area contributed by atoms with E-state index in [2.05, 4.69) is 18.5 Å². The molecule has 2 aromatic rings. The van der Waals surface area contributed by atoms with Gasteiger partial charge in [0, 0.05) is 48.2 Å². The Labute approximate surface area is 229 Å². The SMILES string of the molecule is C=C(/C=C1/N=C(C(=O)N2CCCCCC2C)C=C(C2CCC2)N1C)c1ccc(-c2ccc(C=O)cn2)cc1F. The molecule has 0 spiro atoms. The van der Waals surface area contributed by atoms with Crippen molar-refractivity contribution in [3.8, 4) is 11.3 Å². The van der Waals surface area contributed by atoms with Crippen molar-refractivity contribution in [1.82, 2.24) is 14.8 Å². The Balaban J connectivity index is 1.44. The van der Waals surface area contributed by atoms with E-state index < -0.39 is 5.82 Å². The summed E-state index contributed by atoms with van der Waals surface area (Å²) in [5, 5.41) is 0. The third kappa shape index (κ3) is 5.63. The maximum atomic E-state index is 15.3. The van der Waals surface area contributed by atoms with Crippen molar-refractivity contribution in [1.29, 1.82) is 0 Å². The molecule has 2 fully saturated rings. The molecule has 39 heavy (non-hydrogen) atoms. The lowest BCUT2D eigenvalue weighted by Crippen LogP contribution is -2.43. The van der Waals surface area contributed by atoms with E-state index >= 15 is 4.39 Å². The second kappa shape index (κ2) is 11.5. The third-order valence-electron chi connectivity index (χ3n) is 8.14. The van der Waals surface area contributed by atoms with E-state index in [4.69, 9.17) is 4.99 Å².